The molecular formula is C27H25NO6S. The van der Waals surface area contributed by atoms with Crippen LogP contribution >= 0.6 is 11.3 Å². The van der Waals surface area contributed by atoms with Gasteiger partial charge in [-0.3, -0.25) is 9.59 Å². The van der Waals surface area contributed by atoms with Crippen molar-refractivity contribution in [2.45, 2.75) is 27.7 Å². The standard InChI is InChI=1S/C27H25NO6S/c1-5-32-27(31)22-16(3)17(4)35-26(22)28-21(29)14-33-25-23(30)19-12-11-15(2)13-20(19)34-24(25)18-9-7-6-8-10-18/h6-13H,5,14H2,1-4H3,(H,28,29). The number of carbonyl (C=O) groups is 2. The van der Waals surface area contributed by atoms with Crippen molar-refractivity contribution in [2.24, 2.45) is 0 Å². The molecule has 180 valence electrons. The van der Waals surface area contributed by atoms with E-state index in [1.165, 1.54) is 11.3 Å². The fourth-order valence-electron chi connectivity index (χ4n) is 3.66. The number of amides is 1. The molecule has 1 amide bonds. The third-order valence-electron chi connectivity index (χ3n) is 5.51. The van der Waals surface area contributed by atoms with Crippen molar-refractivity contribution in [3.63, 3.8) is 0 Å². The number of nitrogens with one attached hydrogen (secondary N) is 1. The molecule has 2 aromatic heterocycles. The lowest BCUT2D eigenvalue weighted by molar-refractivity contribution is -0.118. The van der Waals surface area contributed by atoms with E-state index < -0.39 is 18.5 Å². The molecule has 0 aliphatic carbocycles. The summed E-state index contributed by atoms with van der Waals surface area (Å²) in [7, 11) is 0. The monoisotopic (exact) mass is 491 g/mol. The second-order valence-electron chi connectivity index (χ2n) is 8.00. The third-order valence-corrected chi connectivity index (χ3v) is 6.63. The van der Waals surface area contributed by atoms with Gasteiger partial charge in [0, 0.05) is 10.4 Å². The lowest BCUT2D eigenvalue weighted by Crippen LogP contribution is -2.23. The van der Waals surface area contributed by atoms with Crippen LogP contribution < -0.4 is 15.5 Å². The van der Waals surface area contributed by atoms with Gasteiger partial charge in [0.05, 0.1) is 17.6 Å². The van der Waals surface area contributed by atoms with Crippen LogP contribution in [0.25, 0.3) is 22.3 Å². The highest BCUT2D eigenvalue weighted by atomic mass is 32.1. The fraction of sp³-hybridized carbons (Fsp3) is 0.222. The van der Waals surface area contributed by atoms with Crippen molar-refractivity contribution in [1.82, 2.24) is 0 Å². The summed E-state index contributed by atoms with van der Waals surface area (Å²) in [6, 6.07) is 14.4. The third kappa shape index (κ3) is 4.97. The molecule has 2 heterocycles. The van der Waals surface area contributed by atoms with Crippen molar-refractivity contribution >= 4 is 39.2 Å². The first-order chi connectivity index (χ1) is 16.8. The Bertz CT molecular complexity index is 1470. The molecule has 0 spiro atoms. The number of thiophene rings is 1. The highest BCUT2D eigenvalue weighted by Crippen LogP contribution is 2.34. The van der Waals surface area contributed by atoms with Crippen LogP contribution in [0.2, 0.25) is 0 Å². The largest absolute Gasteiger partial charge is 0.476 e. The van der Waals surface area contributed by atoms with E-state index >= 15 is 0 Å². The zero-order valence-electron chi connectivity index (χ0n) is 19.9. The molecule has 0 atom stereocenters. The predicted molar refractivity (Wildman–Crippen MR) is 137 cm³/mol. The van der Waals surface area contributed by atoms with E-state index in [2.05, 4.69) is 5.32 Å². The SMILES string of the molecule is CCOC(=O)c1c(NC(=O)COc2c(-c3ccccc3)oc3cc(C)ccc3c2=O)sc(C)c1C. The predicted octanol–water partition coefficient (Wildman–Crippen LogP) is 5.64. The first kappa shape index (κ1) is 24.2. The van der Waals surface area contributed by atoms with Crippen LogP contribution in [-0.4, -0.2) is 25.1 Å². The summed E-state index contributed by atoms with van der Waals surface area (Å²) in [5.74, 6) is -0.815. The molecule has 0 aliphatic heterocycles. The smallest absolute Gasteiger partial charge is 0.341 e. The normalized spacial score (nSPS) is 10.9. The van der Waals surface area contributed by atoms with Gasteiger partial charge in [0.2, 0.25) is 11.2 Å². The Morgan fingerprint density at radius 2 is 1.80 bits per heavy atom. The van der Waals surface area contributed by atoms with Crippen LogP contribution in [-0.2, 0) is 9.53 Å². The minimum absolute atomic E-state index is 0.0492. The van der Waals surface area contributed by atoms with Crippen LogP contribution in [0, 0.1) is 20.8 Å². The Morgan fingerprint density at radius 1 is 1.06 bits per heavy atom. The van der Waals surface area contributed by atoms with Gasteiger partial charge in [-0.05, 0) is 51.0 Å². The van der Waals surface area contributed by atoms with Crippen molar-refractivity contribution < 1.29 is 23.5 Å². The van der Waals surface area contributed by atoms with Crippen LogP contribution in [0.5, 0.6) is 5.75 Å². The Kier molecular flexibility index (Phi) is 7.02. The quantitative estimate of drug-likeness (QED) is 0.336. The molecular weight excluding hydrogens is 466 g/mol. The number of rotatable bonds is 7. The highest BCUT2D eigenvalue weighted by molar-refractivity contribution is 7.16. The molecule has 0 unspecified atom stereocenters. The number of esters is 1. The van der Waals surface area contributed by atoms with Gasteiger partial charge in [0.15, 0.2) is 12.4 Å². The summed E-state index contributed by atoms with van der Waals surface area (Å²) >= 11 is 1.28. The summed E-state index contributed by atoms with van der Waals surface area (Å²) in [6.45, 7) is 7.08. The Hall–Kier alpha value is -3.91. The number of hydrogen-bond donors (Lipinski definition) is 1. The van der Waals surface area contributed by atoms with E-state index in [4.69, 9.17) is 13.9 Å². The molecule has 0 radical (unpaired) electrons. The molecule has 4 aromatic rings. The van der Waals surface area contributed by atoms with Crippen LogP contribution in [0.3, 0.4) is 0 Å². The Labute approximate surface area is 206 Å². The van der Waals surface area contributed by atoms with Crippen molar-refractivity contribution in [2.75, 3.05) is 18.5 Å². The van der Waals surface area contributed by atoms with E-state index in [1.807, 2.05) is 38.1 Å². The van der Waals surface area contributed by atoms with Gasteiger partial charge in [0.25, 0.3) is 5.91 Å². The summed E-state index contributed by atoms with van der Waals surface area (Å²) in [6.07, 6.45) is 0. The topological polar surface area (TPSA) is 94.8 Å². The zero-order valence-corrected chi connectivity index (χ0v) is 20.7. The van der Waals surface area contributed by atoms with Gasteiger partial charge < -0.3 is 19.2 Å². The number of anilines is 1. The van der Waals surface area contributed by atoms with Gasteiger partial charge in [-0.15, -0.1) is 11.3 Å². The minimum atomic E-state index is -0.515. The lowest BCUT2D eigenvalue weighted by Gasteiger charge is -2.12. The van der Waals surface area contributed by atoms with E-state index in [0.717, 1.165) is 16.0 Å². The molecule has 0 aliphatic rings. The highest BCUT2D eigenvalue weighted by Gasteiger charge is 2.23. The van der Waals surface area contributed by atoms with E-state index in [1.54, 1.807) is 38.1 Å². The van der Waals surface area contributed by atoms with Gasteiger partial charge in [0.1, 0.15) is 10.6 Å². The summed E-state index contributed by atoms with van der Waals surface area (Å²) in [5.41, 5.74) is 2.75. The maximum Gasteiger partial charge on any atom is 0.341 e. The molecule has 35 heavy (non-hydrogen) atoms. The first-order valence-electron chi connectivity index (χ1n) is 11.1. The van der Waals surface area contributed by atoms with Gasteiger partial charge in [-0.1, -0.05) is 36.4 Å². The second-order valence-corrected chi connectivity index (χ2v) is 9.22. The number of benzene rings is 2. The molecule has 0 saturated carbocycles. The molecule has 2 aromatic carbocycles. The summed E-state index contributed by atoms with van der Waals surface area (Å²) < 4.78 is 17.0. The molecule has 4 rings (SSSR count). The molecule has 0 fully saturated rings. The van der Waals surface area contributed by atoms with E-state index in [-0.39, 0.29) is 23.5 Å². The molecule has 7 nitrogen and oxygen atoms in total. The Morgan fingerprint density at radius 3 is 2.51 bits per heavy atom. The summed E-state index contributed by atoms with van der Waals surface area (Å²) in [5, 5.41) is 3.47. The van der Waals surface area contributed by atoms with Crippen molar-refractivity contribution in [3.8, 4) is 17.1 Å². The Balaban J connectivity index is 1.65. The van der Waals surface area contributed by atoms with Gasteiger partial charge >= 0.3 is 5.97 Å². The summed E-state index contributed by atoms with van der Waals surface area (Å²) in [4.78, 5) is 39.4. The van der Waals surface area contributed by atoms with Crippen molar-refractivity contribution in [1.29, 1.82) is 0 Å². The number of fused-ring (bicyclic) bond motifs is 1. The van der Waals surface area contributed by atoms with E-state index in [9.17, 15) is 14.4 Å². The molecule has 8 heteroatoms. The zero-order chi connectivity index (χ0) is 25.1. The fourth-order valence-corrected chi connectivity index (χ4v) is 4.72. The average molecular weight is 492 g/mol. The van der Waals surface area contributed by atoms with E-state index in [0.29, 0.717) is 27.1 Å². The van der Waals surface area contributed by atoms with Crippen LogP contribution in [0.15, 0.2) is 57.7 Å². The van der Waals surface area contributed by atoms with Crippen LogP contribution in [0.4, 0.5) is 5.00 Å². The number of hydrogen-bond acceptors (Lipinski definition) is 7. The molecule has 1 N–H and O–H groups in total. The minimum Gasteiger partial charge on any atom is -0.476 e. The van der Waals surface area contributed by atoms with Crippen molar-refractivity contribution in [3.05, 3.63) is 80.3 Å². The molecule has 0 saturated heterocycles. The van der Waals surface area contributed by atoms with Crippen LogP contribution in [0.1, 0.15) is 33.3 Å². The second kappa shape index (κ2) is 10.1. The van der Waals surface area contributed by atoms with Gasteiger partial charge in [-0.25, -0.2) is 4.79 Å². The lowest BCUT2D eigenvalue weighted by atomic mass is 10.1. The number of carbonyl (C=O) groups excluding carboxylic acids is 2. The average Bonchev–Trinajstić information content (AvgIpc) is 3.11. The number of aryl methyl sites for hydroxylation is 2. The maximum absolute atomic E-state index is 13.3. The molecule has 0 bridgehead atoms. The maximum atomic E-state index is 13.3. The first-order valence-corrected chi connectivity index (χ1v) is 11.9. The van der Waals surface area contributed by atoms with Gasteiger partial charge in [-0.2, -0.15) is 0 Å². The number of ether oxygens (including phenoxy) is 2.